The van der Waals surface area contributed by atoms with Crippen LogP contribution >= 0.6 is 0 Å². The lowest BCUT2D eigenvalue weighted by Gasteiger charge is -2.05. The Balaban J connectivity index is 1.96. The number of esters is 1. The highest BCUT2D eigenvalue weighted by Crippen LogP contribution is 2.35. The summed E-state index contributed by atoms with van der Waals surface area (Å²) in [6.07, 6.45) is 0.913. The van der Waals surface area contributed by atoms with Crippen LogP contribution in [0.2, 0.25) is 0 Å². The molecule has 25 heavy (non-hydrogen) atoms. The molecule has 0 N–H and O–H groups in total. The van der Waals surface area contributed by atoms with E-state index in [4.69, 9.17) is 18.6 Å². The molecule has 0 fully saturated rings. The molecule has 0 radical (unpaired) electrons. The molecule has 0 bridgehead atoms. The predicted octanol–water partition coefficient (Wildman–Crippen LogP) is 4.22. The van der Waals surface area contributed by atoms with E-state index in [1.165, 1.54) is 7.11 Å². The maximum atomic E-state index is 11.4. The van der Waals surface area contributed by atoms with Crippen LogP contribution in [0.3, 0.4) is 0 Å². The Morgan fingerprint density at radius 3 is 2.40 bits per heavy atom. The number of carbonyl (C=O) groups is 1. The SMILES string of the molecule is COC(=O)CCc1cc(OC)c2oc(-c3ccc(OC)cc3)cc2c1. The van der Waals surface area contributed by atoms with E-state index in [0.717, 1.165) is 28.0 Å². The maximum absolute atomic E-state index is 11.4. The monoisotopic (exact) mass is 340 g/mol. The number of hydrogen-bond acceptors (Lipinski definition) is 5. The Morgan fingerprint density at radius 2 is 1.76 bits per heavy atom. The second kappa shape index (κ2) is 7.30. The van der Waals surface area contributed by atoms with E-state index in [-0.39, 0.29) is 5.97 Å². The fourth-order valence-corrected chi connectivity index (χ4v) is 2.72. The van der Waals surface area contributed by atoms with Gasteiger partial charge in [0.1, 0.15) is 11.5 Å². The minimum Gasteiger partial charge on any atom is -0.497 e. The molecule has 0 atom stereocenters. The van der Waals surface area contributed by atoms with Crippen molar-refractivity contribution in [1.29, 1.82) is 0 Å². The highest BCUT2D eigenvalue weighted by Gasteiger charge is 2.13. The van der Waals surface area contributed by atoms with Crippen molar-refractivity contribution in [2.24, 2.45) is 0 Å². The number of rotatable bonds is 6. The van der Waals surface area contributed by atoms with E-state index in [1.54, 1.807) is 14.2 Å². The summed E-state index contributed by atoms with van der Waals surface area (Å²) in [5.74, 6) is 1.96. The molecule has 3 rings (SSSR count). The number of methoxy groups -OCH3 is 3. The highest BCUT2D eigenvalue weighted by molar-refractivity contribution is 5.88. The van der Waals surface area contributed by atoms with E-state index < -0.39 is 0 Å². The summed E-state index contributed by atoms with van der Waals surface area (Å²) in [7, 11) is 4.63. The minimum absolute atomic E-state index is 0.231. The smallest absolute Gasteiger partial charge is 0.305 e. The van der Waals surface area contributed by atoms with E-state index in [9.17, 15) is 4.79 Å². The third-order valence-corrected chi connectivity index (χ3v) is 4.08. The van der Waals surface area contributed by atoms with Gasteiger partial charge in [-0.1, -0.05) is 0 Å². The third-order valence-electron chi connectivity index (χ3n) is 4.08. The molecule has 5 heteroatoms. The summed E-state index contributed by atoms with van der Waals surface area (Å²) in [4.78, 5) is 11.4. The average Bonchev–Trinajstić information content (AvgIpc) is 3.09. The van der Waals surface area contributed by atoms with Crippen LogP contribution in [0.1, 0.15) is 12.0 Å². The number of benzene rings is 2. The number of hydrogen-bond donors (Lipinski definition) is 0. The van der Waals surface area contributed by atoms with Crippen molar-refractivity contribution in [3.05, 3.63) is 48.0 Å². The van der Waals surface area contributed by atoms with Crippen LogP contribution in [0.15, 0.2) is 46.9 Å². The first-order valence-corrected chi connectivity index (χ1v) is 7.96. The molecule has 0 aliphatic heterocycles. The molecule has 0 spiro atoms. The van der Waals surface area contributed by atoms with Crippen LogP contribution in [0, 0.1) is 0 Å². The molecule has 0 amide bonds. The van der Waals surface area contributed by atoms with Gasteiger partial charge in [-0.15, -0.1) is 0 Å². The predicted molar refractivity (Wildman–Crippen MR) is 95.1 cm³/mol. The van der Waals surface area contributed by atoms with Crippen LogP contribution in [0.4, 0.5) is 0 Å². The van der Waals surface area contributed by atoms with Crippen LogP contribution in [0.25, 0.3) is 22.3 Å². The number of ether oxygens (including phenoxy) is 3. The molecular formula is C20H20O5. The van der Waals surface area contributed by atoms with Crippen molar-refractivity contribution in [3.8, 4) is 22.8 Å². The molecule has 130 valence electrons. The first-order valence-electron chi connectivity index (χ1n) is 7.96. The van der Waals surface area contributed by atoms with E-state index in [0.29, 0.717) is 24.2 Å². The average molecular weight is 340 g/mol. The molecule has 0 aliphatic rings. The normalized spacial score (nSPS) is 10.7. The number of fused-ring (bicyclic) bond motifs is 1. The van der Waals surface area contributed by atoms with Gasteiger partial charge in [-0.3, -0.25) is 4.79 Å². The van der Waals surface area contributed by atoms with Gasteiger partial charge >= 0.3 is 5.97 Å². The van der Waals surface area contributed by atoms with Gasteiger partial charge in [-0.25, -0.2) is 0 Å². The maximum Gasteiger partial charge on any atom is 0.305 e. The minimum atomic E-state index is -0.231. The molecule has 5 nitrogen and oxygen atoms in total. The standard InChI is InChI=1S/C20H20O5/c1-22-16-7-5-14(6-8-16)17-12-15-10-13(4-9-19(21)24-3)11-18(23-2)20(15)25-17/h5-8,10-12H,4,9H2,1-3H3. The lowest BCUT2D eigenvalue weighted by molar-refractivity contribution is -0.140. The number of aryl methyl sites for hydroxylation is 1. The van der Waals surface area contributed by atoms with Gasteiger partial charge < -0.3 is 18.6 Å². The summed E-state index contributed by atoms with van der Waals surface area (Å²) in [5, 5.41) is 0.935. The summed E-state index contributed by atoms with van der Waals surface area (Å²) < 4.78 is 21.3. The van der Waals surface area contributed by atoms with Gasteiger partial charge in [0.2, 0.25) is 0 Å². The van der Waals surface area contributed by atoms with Crippen molar-refractivity contribution < 1.29 is 23.4 Å². The molecule has 0 saturated heterocycles. The second-order valence-electron chi connectivity index (χ2n) is 5.63. The zero-order valence-electron chi connectivity index (χ0n) is 14.5. The molecule has 0 aliphatic carbocycles. The van der Waals surface area contributed by atoms with Crippen molar-refractivity contribution in [3.63, 3.8) is 0 Å². The van der Waals surface area contributed by atoms with Crippen molar-refractivity contribution >= 4 is 16.9 Å². The Bertz CT molecular complexity index is 877. The molecule has 0 saturated carbocycles. The Morgan fingerprint density at radius 1 is 1.00 bits per heavy atom. The number of furan rings is 1. The van der Waals surface area contributed by atoms with Crippen molar-refractivity contribution in [1.82, 2.24) is 0 Å². The van der Waals surface area contributed by atoms with E-state index in [2.05, 4.69) is 0 Å². The summed E-state index contributed by atoms with van der Waals surface area (Å²) in [6.45, 7) is 0. The Labute approximate surface area is 146 Å². The Hall–Kier alpha value is -2.95. The van der Waals surface area contributed by atoms with Gasteiger partial charge in [-0.05, 0) is 54.4 Å². The van der Waals surface area contributed by atoms with Gasteiger partial charge in [0.05, 0.1) is 21.3 Å². The van der Waals surface area contributed by atoms with Crippen molar-refractivity contribution in [2.75, 3.05) is 21.3 Å². The lowest BCUT2D eigenvalue weighted by Crippen LogP contribution is -2.02. The largest absolute Gasteiger partial charge is 0.497 e. The van der Waals surface area contributed by atoms with Gasteiger partial charge in [0, 0.05) is 17.4 Å². The molecule has 3 aromatic rings. The lowest BCUT2D eigenvalue weighted by atomic mass is 10.1. The summed E-state index contributed by atoms with van der Waals surface area (Å²) in [5.41, 5.74) is 2.64. The van der Waals surface area contributed by atoms with E-state index in [1.807, 2.05) is 42.5 Å². The van der Waals surface area contributed by atoms with Crippen LogP contribution in [-0.2, 0) is 16.0 Å². The quantitative estimate of drug-likeness (QED) is 0.629. The molecule has 0 unspecified atom stereocenters. The van der Waals surface area contributed by atoms with Crippen molar-refractivity contribution in [2.45, 2.75) is 12.8 Å². The Kier molecular flexibility index (Phi) is 4.93. The number of carbonyl (C=O) groups excluding carboxylic acids is 1. The fourth-order valence-electron chi connectivity index (χ4n) is 2.72. The zero-order chi connectivity index (χ0) is 17.8. The topological polar surface area (TPSA) is 57.9 Å². The second-order valence-corrected chi connectivity index (χ2v) is 5.63. The fraction of sp³-hybridized carbons (Fsp3) is 0.250. The van der Waals surface area contributed by atoms with Gasteiger partial charge in [-0.2, -0.15) is 0 Å². The molecule has 2 aromatic carbocycles. The summed E-state index contributed by atoms with van der Waals surface area (Å²) in [6, 6.07) is 13.6. The first-order chi connectivity index (χ1) is 12.1. The van der Waals surface area contributed by atoms with Crippen LogP contribution in [0.5, 0.6) is 11.5 Å². The van der Waals surface area contributed by atoms with Crippen LogP contribution in [-0.4, -0.2) is 27.3 Å². The highest BCUT2D eigenvalue weighted by atomic mass is 16.5. The summed E-state index contributed by atoms with van der Waals surface area (Å²) >= 11 is 0. The third kappa shape index (κ3) is 3.60. The van der Waals surface area contributed by atoms with E-state index >= 15 is 0 Å². The van der Waals surface area contributed by atoms with Gasteiger partial charge in [0.25, 0.3) is 0 Å². The zero-order valence-corrected chi connectivity index (χ0v) is 14.5. The molecule has 1 aromatic heterocycles. The van der Waals surface area contributed by atoms with Gasteiger partial charge in [0.15, 0.2) is 11.3 Å². The first kappa shape index (κ1) is 16.9. The molecule has 1 heterocycles. The van der Waals surface area contributed by atoms with Crippen LogP contribution < -0.4 is 9.47 Å². The molecular weight excluding hydrogens is 320 g/mol.